The van der Waals surface area contributed by atoms with Crippen molar-refractivity contribution in [2.45, 2.75) is 43.7 Å². The van der Waals surface area contributed by atoms with Crippen LogP contribution < -0.4 is 4.74 Å². The Hall–Kier alpha value is -2.34. The number of carbonyl (C=O) groups excluding carboxylic acids is 1. The second-order valence-corrected chi connectivity index (χ2v) is 9.11. The average molecular weight is 388 g/mol. The fourth-order valence-electron chi connectivity index (χ4n) is 3.37. The smallest absolute Gasteiger partial charge is 0.254 e. The van der Waals surface area contributed by atoms with Gasteiger partial charge in [0, 0.05) is 18.2 Å². The molecule has 0 saturated carbocycles. The molecule has 2 aromatic rings. The van der Waals surface area contributed by atoms with Gasteiger partial charge < -0.3 is 9.64 Å². The Morgan fingerprint density at radius 3 is 2.41 bits per heavy atom. The van der Waals surface area contributed by atoms with Gasteiger partial charge in [-0.1, -0.05) is 18.2 Å². The van der Waals surface area contributed by atoms with Crippen LogP contribution in [-0.2, 0) is 9.84 Å². The Morgan fingerprint density at radius 1 is 1.11 bits per heavy atom. The highest BCUT2D eigenvalue weighted by molar-refractivity contribution is 7.91. The summed E-state index contributed by atoms with van der Waals surface area (Å²) >= 11 is 0. The van der Waals surface area contributed by atoms with Crippen molar-refractivity contribution in [1.82, 2.24) is 4.90 Å². The molecular formula is C21H25NO4S. The largest absolute Gasteiger partial charge is 0.491 e. The lowest BCUT2D eigenvalue weighted by molar-refractivity contribution is 0.0749. The van der Waals surface area contributed by atoms with Crippen LogP contribution in [0.3, 0.4) is 0 Å². The molecule has 6 heteroatoms. The summed E-state index contributed by atoms with van der Waals surface area (Å²) < 4.78 is 31.0. The predicted molar refractivity (Wildman–Crippen MR) is 105 cm³/mol. The number of sulfone groups is 1. The maximum absolute atomic E-state index is 12.9. The van der Waals surface area contributed by atoms with Gasteiger partial charge in [-0.05, 0) is 63.1 Å². The summed E-state index contributed by atoms with van der Waals surface area (Å²) in [5.41, 5.74) is 0.551. The summed E-state index contributed by atoms with van der Waals surface area (Å²) in [5, 5.41) is 0. The monoisotopic (exact) mass is 387 g/mol. The molecule has 1 fully saturated rings. The molecule has 0 bridgehead atoms. The molecule has 144 valence electrons. The standard InChI is InChI=1S/C21H25NO4S/c1-16(2)26-19-12-10-17(11-13-19)21(23)22-14-6-7-18(22)15-27(24,25)20-8-4-3-5-9-20/h3-5,8-13,16,18H,6-7,14-15H2,1-2H3. The number of carbonyl (C=O) groups is 1. The highest BCUT2D eigenvalue weighted by Gasteiger charge is 2.33. The van der Waals surface area contributed by atoms with Crippen molar-refractivity contribution in [3.8, 4) is 5.75 Å². The Kier molecular flexibility index (Phi) is 5.85. The van der Waals surface area contributed by atoms with Crippen LogP contribution in [0.15, 0.2) is 59.5 Å². The molecule has 3 rings (SSSR count). The summed E-state index contributed by atoms with van der Waals surface area (Å²) in [5.74, 6) is 0.542. The van der Waals surface area contributed by atoms with E-state index in [1.54, 1.807) is 59.5 Å². The van der Waals surface area contributed by atoms with Gasteiger partial charge in [0.1, 0.15) is 5.75 Å². The molecule has 1 aliphatic heterocycles. The van der Waals surface area contributed by atoms with Gasteiger partial charge in [0.05, 0.1) is 16.8 Å². The SMILES string of the molecule is CC(C)Oc1ccc(C(=O)N2CCCC2CS(=O)(=O)c2ccccc2)cc1. The van der Waals surface area contributed by atoms with Gasteiger partial charge >= 0.3 is 0 Å². The van der Waals surface area contributed by atoms with Crippen molar-refractivity contribution in [2.75, 3.05) is 12.3 Å². The van der Waals surface area contributed by atoms with Crippen molar-refractivity contribution >= 4 is 15.7 Å². The summed E-state index contributed by atoms with van der Waals surface area (Å²) in [6.45, 7) is 4.47. The fraction of sp³-hybridized carbons (Fsp3) is 0.381. The van der Waals surface area contributed by atoms with Crippen molar-refractivity contribution in [1.29, 1.82) is 0 Å². The van der Waals surface area contributed by atoms with Crippen LogP contribution in [0, 0.1) is 0 Å². The van der Waals surface area contributed by atoms with Crippen LogP contribution >= 0.6 is 0 Å². The topological polar surface area (TPSA) is 63.7 Å². The van der Waals surface area contributed by atoms with Crippen molar-refractivity contribution in [3.63, 3.8) is 0 Å². The molecule has 27 heavy (non-hydrogen) atoms. The molecule has 1 heterocycles. The Bertz CT molecular complexity index is 876. The zero-order chi connectivity index (χ0) is 19.4. The summed E-state index contributed by atoms with van der Waals surface area (Å²) in [6.07, 6.45) is 1.58. The number of nitrogens with zero attached hydrogens (tertiary/aromatic N) is 1. The molecule has 0 aromatic heterocycles. The minimum atomic E-state index is -3.43. The third-order valence-electron chi connectivity index (χ3n) is 4.63. The predicted octanol–water partition coefficient (Wildman–Crippen LogP) is 3.55. The summed E-state index contributed by atoms with van der Waals surface area (Å²) in [4.78, 5) is 14.9. The second-order valence-electron chi connectivity index (χ2n) is 7.08. The number of hydrogen-bond acceptors (Lipinski definition) is 4. The van der Waals surface area contributed by atoms with E-state index < -0.39 is 9.84 Å². The number of amides is 1. The van der Waals surface area contributed by atoms with Gasteiger partial charge in [-0.3, -0.25) is 4.79 Å². The first kappa shape index (κ1) is 19.4. The molecular weight excluding hydrogens is 362 g/mol. The minimum Gasteiger partial charge on any atom is -0.491 e. The van der Waals surface area contributed by atoms with Crippen LogP contribution in [0.25, 0.3) is 0 Å². The summed E-state index contributed by atoms with van der Waals surface area (Å²) in [6, 6.07) is 15.1. The van der Waals surface area contributed by atoms with Crippen LogP contribution in [0.2, 0.25) is 0 Å². The number of likely N-dealkylation sites (tertiary alicyclic amines) is 1. The molecule has 1 saturated heterocycles. The molecule has 0 radical (unpaired) electrons. The average Bonchev–Trinajstić information content (AvgIpc) is 3.09. The first-order valence-electron chi connectivity index (χ1n) is 9.22. The Balaban J connectivity index is 1.73. The molecule has 1 unspecified atom stereocenters. The molecule has 2 aromatic carbocycles. The zero-order valence-electron chi connectivity index (χ0n) is 15.7. The van der Waals surface area contributed by atoms with Gasteiger partial charge in [-0.15, -0.1) is 0 Å². The molecule has 1 atom stereocenters. The third kappa shape index (κ3) is 4.69. The minimum absolute atomic E-state index is 0.0443. The van der Waals surface area contributed by atoms with E-state index >= 15 is 0 Å². The third-order valence-corrected chi connectivity index (χ3v) is 6.44. The Morgan fingerprint density at radius 2 is 1.78 bits per heavy atom. The molecule has 0 N–H and O–H groups in total. The van der Waals surface area contributed by atoms with Crippen LogP contribution in [0.5, 0.6) is 5.75 Å². The van der Waals surface area contributed by atoms with Crippen molar-refractivity contribution < 1.29 is 17.9 Å². The lowest BCUT2D eigenvalue weighted by Crippen LogP contribution is -2.39. The van der Waals surface area contributed by atoms with Crippen LogP contribution in [0.1, 0.15) is 37.0 Å². The van der Waals surface area contributed by atoms with Gasteiger partial charge in [0.25, 0.3) is 5.91 Å². The van der Waals surface area contributed by atoms with Crippen molar-refractivity contribution in [3.05, 3.63) is 60.2 Å². The second kappa shape index (κ2) is 8.13. The molecule has 0 aliphatic carbocycles. The van der Waals surface area contributed by atoms with Crippen LogP contribution in [-0.4, -0.2) is 43.7 Å². The van der Waals surface area contributed by atoms with E-state index in [0.717, 1.165) is 6.42 Å². The molecule has 0 spiro atoms. The van der Waals surface area contributed by atoms with E-state index in [4.69, 9.17) is 4.74 Å². The number of hydrogen-bond donors (Lipinski definition) is 0. The summed E-state index contributed by atoms with van der Waals surface area (Å²) in [7, 11) is -3.43. The molecule has 1 aliphatic rings. The van der Waals surface area contributed by atoms with Gasteiger partial charge in [0.2, 0.25) is 0 Å². The zero-order valence-corrected chi connectivity index (χ0v) is 16.5. The van der Waals surface area contributed by atoms with Crippen LogP contribution in [0.4, 0.5) is 0 Å². The number of rotatable bonds is 6. The van der Waals surface area contributed by atoms with Gasteiger partial charge in [-0.25, -0.2) is 8.42 Å². The van der Waals surface area contributed by atoms with E-state index in [1.165, 1.54) is 0 Å². The fourth-order valence-corrected chi connectivity index (χ4v) is 4.99. The Labute approximate surface area is 160 Å². The first-order chi connectivity index (χ1) is 12.9. The van der Waals surface area contributed by atoms with E-state index in [-0.39, 0.29) is 23.8 Å². The molecule has 5 nitrogen and oxygen atoms in total. The highest BCUT2D eigenvalue weighted by Crippen LogP contribution is 2.25. The van der Waals surface area contributed by atoms with Gasteiger partial charge in [-0.2, -0.15) is 0 Å². The van der Waals surface area contributed by atoms with Gasteiger partial charge in [0.15, 0.2) is 9.84 Å². The quantitative estimate of drug-likeness (QED) is 0.760. The first-order valence-corrected chi connectivity index (χ1v) is 10.9. The van der Waals surface area contributed by atoms with Crippen molar-refractivity contribution in [2.24, 2.45) is 0 Å². The highest BCUT2D eigenvalue weighted by atomic mass is 32.2. The van der Waals surface area contributed by atoms with E-state index in [1.807, 2.05) is 13.8 Å². The number of benzene rings is 2. The van der Waals surface area contributed by atoms with E-state index in [9.17, 15) is 13.2 Å². The molecule has 1 amide bonds. The maximum atomic E-state index is 12.9. The lowest BCUT2D eigenvalue weighted by atomic mass is 10.1. The maximum Gasteiger partial charge on any atom is 0.254 e. The van der Waals surface area contributed by atoms with E-state index in [0.29, 0.717) is 29.2 Å². The normalized spacial score (nSPS) is 17.3. The van der Waals surface area contributed by atoms with E-state index in [2.05, 4.69) is 0 Å². The number of ether oxygens (including phenoxy) is 1. The lowest BCUT2D eigenvalue weighted by Gasteiger charge is -2.25.